The number of hydrogen-bond donors (Lipinski definition) is 3. The van der Waals surface area contributed by atoms with Gasteiger partial charge in [0.05, 0.1) is 0 Å². The Balaban J connectivity index is 2.71. The molecule has 0 aliphatic heterocycles. The van der Waals surface area contributed by atoms with Crippen molar-refractivity contribution in [3.8, 4) is 16.9 Å². The molecule has 0 saturated carbocycles. The lowest BCUT2D eigenvalue weighted by Gasteiger charge is -2.12. The number of rotatable bonds is 2. The maximum atomic E-state index is 11.3. The second kappa shape index (κ2) is 4.75. The summed E-state index contributed by atoms with van der Waals surface area (Å²) < 4.78 is 11.3. The first-order valence-corrected chi connectivity index (χ1v) is 7.02. The Morgan fingerprint density at radius 1 is 1.06 bits per heavy atom. The summed E-state index contributed by atoms with van der Waals surface area (Å²) in [5.41, 5.74) is 0.925. The van der Waals surface area contributed by atoms with Crippen LogP contribution < -0.4 is 5.30 Å². The Labute approximate surface area is 109 Å². The molecule has 2 aromatic rings. The minimum Gasteiger partial charge on any atom is -0.506 e. The lowest BCUT2D eigenvalue weighted by molar-refractivity contribution is 0.384. The molecule has 18 heavy (non-hydrogen) atoms. The molecule has 0 amide bonds. The molecule has 3 N–H and O–H groups in total. The normalized spacial score (nSPS) is 11.5. The molecule has 2 rings (SSSR count). The first-order valence-electron chi connectivity index (χ1n) is 5.03. The molecule has 0 unspecified atom stereocenters. The number of phenols is 1. The predicted octanol–water partition coefficient (Wildman–Crippen LogP) is 2.52. The number of benzene rings is 2. The van der Waals surface area contributed by atoms with Gasteiger partial charge in [-0.1, -0.05) is 41.9 Å². The first kappa shape index (κ1) is 13.1. The molecule has 0 saturated heterocycles. The summed E-state index contributed by atoms with van der Waals surface area (Å²) in [5.74, 6) is -0.445. The average molecular weight is 285 g/mol. The van der Waals surface area contributed by atoms with Crippen LogP contribution in [0.15, 0.2) is 42.5 Å². The van der Waals surface area contributed by atoms with Crippen LogP contribution in [-0.2, 0) is 4.57 Å². The van der Waals surface area contributed by atoms with Crippen molar-refractivity contribution in [1.29, 1.82) is 0 Å². The second-order valence-corrected chi connectivity index (χ2v) is 5.74. The molecule has 4 nitrogen and oxygen atoms in total. The van der Waals surface area contributed by atoms with Gasteiger partial charge in [-0.3, -0.25) is 4.57 Å². The molecule has 0 atom stereocenters. The van der Waals surface area contributed by atoms with Crippen molar-refractivity contribution >= 4 is 24.5 Å². The molecule has 0 aromatic heterocycles. The van der Waals surface area contributed by atoms with E-state index in [0.717, 1.165) is 6.07 Å². The average Bonchev–Trinajstić information content (AvgIpc) is 2.31. The lowest BCUT2D eigenvalue weighted by Crippen LogP contribution is -2.05. The van der Waals surface area contributed by atoms with Gasteiger partial charge in [0.2, 0.25) is 0 Å². The Morgan fingerprint density at radius 2 is 1.67 bits per heavy atom. The summed E-state index contributed by atoms with van der Waals surface area (Å²) >= 11 is 5.82. The summed E-state index contributed by atoms with van der Waals surface area (Å²) in [6, 6.07) is 11.3. The van der Waals surface area contributed by atoms with Gasteiger partial charge in [-0.2, -0.15) is 0 Å². The third-order valence-electron chi connectivity index (χ3n) is 2.45. The fourth-order valence-electron chi connectivity index (χ4n) is 1.64. The molecule has 0 spiro atoms. The number of phenolic OH excluding ortho intramolecular Hbond substituents is 1. The number of halogens is 1. The van der Waals surface area contributed by atoms with Crippen molar-refractivity contribution in [2.75, 3.05) is 0 Å². The van der Waals surface area contributed by atoms with Crippen LogP contribution in [0.3, 0.4) is 0 Å². The third-order valence-corrected chi connectivity index (χ3v) is 3.64. The highest BCUT2D eigenvalue weighted by Crippen LogP contribution is 2.42. The molecule has 2 aromatic carbocycles. The second-order valence-electron chi connectivity index (χ2n) is 3.73. The van der Waals surface area contributed by atoms with Crippen LogP contribution in [0, 0.1) is 0 Å². The van der Waals surface area contributed by atoms with Crippen molar-refractivity contribution in [3.05, 3.63) is 47.5 Å². The highest BCUT2D eigenvalue weighted by molar-refractivity contribution is 7.60. The minimum atomic E-state index is -4.56. The minimum absolute atomic E-state index is 0.157. The zero-order chi connectivity index (χ0) is 13.3. The molecule has 6 heteroatoms. The summed E-state index contributed by atoms with van der Waals surface area (Å²) in [5, 5.41) is 9.64. The van der Waals surface area contributed by atoms with E-state index in [9.17, 15) is 9.67 Å². The monoisotopic (exact) mass is 284 g/mol. The molecule has 0 radical (unpaired) electrons. The van der Waals surface area contributed by atoms with Gasteiger partial charge in [0.15, 0.2) is 0 Å². The molecule has 0 heterocycles. The number of aromatic hydroxyl groups is 1. The van der Waals surface area contributed by atoms with Gasteiger partial charge in [0, 0.05) is 10.6 Å². The van der Waals surface area contributed by atoms with Gasteiger partial charge in [-0.15, -0.1) is 0 Å². The molecule has 0 bridgehead atoms. The molecule has 0 aliphatic carbocycles. The van der Waals surface area contributed by atoms with Crippen LogP contribution in [0.25, 0.3) is 11.1 Å². The van der Waals surface area contributed by atoms with Gasteiger partial charge >= 0.3 is 7.60 Å². The fourth-order valence-corrected chi connectivity index (χ4v) is 2.64. The van der Waals surface area contributed by atoms with Crippen LogP contribution in [0.5, 0.6) is 5.75 Å². The van der Waals surface area contributed by atoms with Crippen molar-refractivity contribution < 1.29 is 19.5 Å². The van der Waals surface area contributed by atoms with E-state index in [-0.39, 0.29) is 5.02 Å². The zero-order valence-corrected chi connectivity index (χ0v) is 10.8. The summed E-state index contributed by atoms with van der Waals surface area (Å²) in [4.78, 5) is 18.3. The molecular formula is C12H10ClO4P. The van der Waals surface area contributed by atoms with Crippen molar-refractivity contribution in [1.82, 2.24) is 0 Å². The smallest absolute Gasteiger partial charge is 0.360 e. The largest absolute Gasteiger partial charge is 0.506 e. The van der Waals surface area contributed by atoms with E-state index < -0.39 is 18.6 Å². The lowest BCUT2D eigenvalue weighted by atomic mass is 10.1. The van der Waals surface area contributed by atoms with Crippen LogP contribution in [0.1, 0.15) is 0 Å². The summed E-state index contributed by atoms with van der Waals surface area (Å²) in [7, 11) is -4.56. The van der Waals surface area contributed by atoms with Crippen LogP contribution in [-0.4, -0.2) is 14.9 Å². The van der Waals surface area contributed by atoms with Gasteiger partial charge < -0.3 is 14.9 Å². The quantitative estimate of drug-likeness (QED) is 0.741. The van der Waals surface area contributed by atoms with Crippen molar-refractivity contribution in [2.24, 2.45) is 0 Å². The van der Waals surface area contributed by atoms with Crippen LogP contribution in [0.2, 0.25) is 5.02 Å². The Hall–Kier alpha value is -1.32. The standard InChI is InChI=1S/C12H10ClO4P/c13-9-6-10(8-4-2-1-3-5-8)12(14)11(7-9)18(15,16)17/h1-7,14H,(H2,15,16,17). The Morgan fingerprint density at radius 3 is 2.22 bits per heavy atom. The van der Waals surface area contributed by atoms with E-state index in [2.05, 4.69) is 0 Å². The van der Waals surface area contributed by atoms with Crippen molar-refractivity contribution in [3.63, 3.8) is 0 Å². The SMILES string of the molecule is O=P(O)(O)c1cc(Cl)cc(-c2ccccc2)c1O. The van der Waals surface area contributed by atoms with Crippen LogP contribution >= 0.6 is 19.2 Å². The molecule has 94 valence electrons. The highest BCUT2D eigenvalue weighted by Gasteiger charge is 2.25. The Bertz CT molecular complexity index is 621. The van der Waals surface area contributed by atoms with E-state index in [1.54, 1.807) is 30.3 Å². The van der Waals surface area contributed by atoms with Gasteiger partial charge in [-0.05, 0) is 17.7 Å². The maximum Gasteiger partial charge on any atom is 0.360 e. The summed E-state index contributed by atoms with van der Waals surface area (Å²) in [6.45, 7) is 0. The topological polar surface area (TPSA) is 77.8 Å². The van der Waals surface area contributed by atoms with E-state index in [0.29, 0.717) is 11.1 Å². The van der Waals surface area contributed by atoms with Gasteiger partial charge in [-0.25, -0.2) is 0 Å². The fraction of sp³-hybridized carbons (Fsp3) is 0. The van der Waals surface area contributed by atoms with E-state index in [4.69, 9.17) is 21.4 Å². The molecule has 0 fully saturated rings. The Kier molecular flexibility index (Phi) is 3.46. The maximum absolute atomic E-state index is 11.3. The van der Waals surface area contributed by atoms with E-state index >= 15 is 0 Å². The number of hydrogen-bond acceptors (Lipinski definition) is 2. The van der Waals surface area contributed by atoms with E-state index in [1.807, 2.05) is 0 Å². The predicted molar refractivity (Wildman–Crippen MR) is 70.2 cm³/mol. The zero-order valence-electron chi connectivity index (χ0n) is 9.12. The third kappa shape index (κ3) is 2.57. The highest BCUT2D eigenvalue weighted by atomic mass is 35.5. The van der Waals surface area contributed by atoms with Crippen molar-refractivity contribution in [2.45, 2.75) is 0 Å². The van der Waals surface area contributed by atoms with Crippen LogP contribution in [0.4, 0.5) is 0 Å². The summed E-state index contributed by atoms with van der Waals surface area (Å²) in [6.07, 6.45) is 0. The van der Waals surface area contributed by atoms with E-state index in [1.165, 1.54) is 6.07 Å². The molecule has 0 aliphatic rings. The first-order chi connectivity index (χ1) is 8.39. The van der Waals surface area contributed by atoms with Gasteiger partial charge in [0.25, 0.3) is 0 Å². The van der Waals surface area contributed by atoms with Gasteiger partial charge in [0.1, 0.15) is 11.1 Å². The molecular weight excluding hydrogens is 275 g/mol.